The van der Waals surface area contributed by atoms with E-state index >= 15 is 0 Å². The molecular weight excluding hydrogens is 304 g/mol. The van der Waals surface area contributed by atoms with E-state index in [2.05, 4.69) is 9.97 Å². The third-order valence-electron chi connectivity index (χ3n) is 3.18. The van der Waals surface area contributed by atoms with Crippen molar-refractivity contribution in [1.29, 1.82) is 0 Å². The molecule has 3 rings (SSSR count). The topological polar surface area (TPSA) is 45.8 Å². The van der Waals surface area contributed by atoms with Crippen molar-refractivity contribution in [1.82, 2.24) is 9.97 Å². The first kappa shape index (κ1) is 14.2. The third kappa shape index (κ3) is 2.82. The van der Waals surface area contributed by atoms with Crippen LogP contribution in [-0.2, 0) is 0 Å². The number of hydrogen-bond donors (Lipinski definition) is 1. The summed E-state index contributed by atoms with van der Waals surface area (Å²) >= 11 is 7.57. The van der Waals surface area contributed by atoms with Crippen LogP contribution in [0.5, 0.6) is 0 Å². The molecule has 0 unspecified atom stereocenters. The van der Waals surface area contributed by atoms with Crippen molar-refractivity contribution in [3.63, 3.8) is 0 Å². The van der Waals surface area contributed by atoms with Gasteiger partial charge in [-0.3, -0.25) is 4.79 Å². The van der Waals surface area contributed by atoms with Crippen LogP contribution in [0.15, 0.2) is 46.3 Å². The fourth-order valence-electron chi connectivity index (χ4n) is 2.18. The Bertz CT molecular complexity index is 841. The highest BCUT2D eigenvalue weighted by Gasteiger charge is 2.12. The lowest BCUT2D eigenvalue weighted by atomic mass is 10.2. The Kier molecular flexibility index (Phi) is 3.74. The molecule has 0 aliphatic heterocycles. The molecule has 3 aromatic rings. The Morgan fingerprint density at radius 2 is 2.10 bits per heavy atom. The summed E-state index contributed by atoms with van der Waals surface area (Å²) in [7, 11) is 0. The molecule has 0 atom stereocenters. The minimum atomic E-state index is -0.0279. The predicted octanol–water partition coefficient (Wildman–Crippen LogP) is 4.88. The molecule has 3 nitrogen and oxygen atoms in total. The number of ketones is 1. The highest BCUT2D eigenvalue weighted by Crippen LogP contribution is 2.36. The van der Waals surface area contributed by atoms with Crippen molar-refractivity contribution in [2.75, 3.05) is 0 Å². The summed E-state index contributed by atoms with van der Waals surface area (Å²) in [5.74, 6) is -0.0279. The maximum absolute atomic E-state index is 11.4. The Morgan fingerprint density at radius 3 is 2.86 bits per heavy atom. The zero-order valence-electron chi connectivity index (χ0n) is 11.6. The van der Waals surface area contributed by atoms with Gasteiger partial charge in [0.2, 0.25) is 0 Å². The van der Waals surface area contributed by atoms with Crippen LogP contribution in [0.4, 0.5) is 0 Å². The Hall–Kier alpha value is -1.78. The molecule has 0 spiro atoms. The molecule has 21 heavy (non-hydrogen) atoms. The van der Waals surface area contributed by atoms with E-state index in [9.17, 15) is 4.79 Å². The fraction of sp³-hybridized carbons (Fsp3) is 0.125. The van der Waals surface area contributed by atoms with Gasteiger partial charge in [-0.05, 0) is 31.2 Å². The second kappa shape index (κ2) is 5.54. The summed E-state index contributed by atoms with van der Waals surface area (Å²) in [5.41, 5.74) is 2.55. The number of fused-ring (bicyclic) bond motifs is 1. The predicted molar refractivity (Wildman–Crippen MR) is 86.4 cm³/mol. The number of pyridine rings is 1. The first-order valence-electron chi connectivity index (χ1n) is 6.48. The van der Waals surface area contributed by atoms with Crippen molar-refractivity contribution in [3.8, 4) is 0 Å². The number of carbonyl (C=O) groups excluding carboxylic acids is 1. The van der Waals surface area contributed by atoms with Crippen molar-refractivity contribution in [3.05, 3.63) is 52.8 Å². The van der Waals surface area contributed by atoms with E-state index in [1.807, 2.05) is 37.3 Å². The smallest absolute Gasteiger partial charge is 0.178 e. The standard InChI is InChI=1S/C16H13ClN2OS/c1-9-16(12-7-6-11(17)8-14(12)18-9)21-15-5-3-4-13(19-15)10(2)20/h3-8,18H,1-2H3. The number of H-pyrrole nitrogens is 1. The number of Topliss-reactive ketones (excluding diaryl/α,β-unsaturated/α-hetero) is 1. The van der Waals surface area contributed by atoms with Gasteiger partial charge in [0.1, 0.15) is 10.7 Å². The molecular formula is C16H13ClN2OS. The summed E-state index contributed by atoms with van der Waals surface area (Å²) in [4.78, 5) is 20.2. The largest absolute Gasteiger partial charge is 0.358 e. The van der Waals surface area contributed by atoms with E-state index in [-0.39, 0.29) is 5.78 Å². The van der Waals surface area contributed by atoms with Gasteiger partial charge < -0.3 is 4.98 Å². The lowest BCUT2D eigenvalue weighted by Crippen LogP contribution is -1.96. The van der Waals surface area contributed by atoms with E-state index < -0.39 is 0 Å². The second-order valence-electron chi connectivity index (χ2n) is 4.79. The SMILES string of the molecule is CC(=O)c1cccc(Sc2c(C)[nH]c3cc(Cl)ccc23)n1. The number of aromatic amines is 1. The normalized spacial score (nSPS) is 11.0. The van der Waals surface area contributed by atoms with Gasteiger partial charge in [-0.2, -0.15) is 0 Å². The van der Waals surface area contributed by atoms with Crippen LogP contribution in [0.3, 0.4) is 0 Å². The van der Waals surface area contributed by atoms with Gasteiger partial charge in [0.05, 0.1) is 0 Å². The molecule has 5 heteroatoms. The molecule has 0 saturated heterocycles. The number of nitrogens with zero attached hydrogens (tertiary/aromatic N) is 1. The fourth-order valence-corrected chi connectivity index (χ4v) is 3.35. The summed E-state index contributed by atoms with van der Waals surface area (Å²) in [6, 6.07) is 11.3. The van der Waals surface area contributed by atoms with Crippen molar-refractivity contribution >= 4 is 40.0 Å². The van der Waals surface area contributed by atoms with Gasteiger partial charge >= 0.3 is 0 Å². The molecule has 0 saturated carbocycles. The number of rotatable bonds is 3. The van der Waals surface area contributed by atoms with Gasteiger partial charge in [0.25, 0.3) is 0 Å². The maximum Gasteiger partial charge on any atom is 0.178 e. The average Bonchev–Trinajstić information content (AvgIpc) is 2.74. The van der Waals surface area contributed by atoms with E-state index in [0.29, 0.717) is 10.7 Å². The summed E-state index contributed by atoms with van der Waals surface area (Å²) in [5, 5.41) is 2.62. The number of benzene rings is 1. The highest BCUT2D eigenvalue weighted by molar-refractivity contribution is 7.99. The van der Waals surface area contributed by atoms with Crippen LogP contribution in [-0.4, -0.2) is 15.8 Å². The summed E-state index contributed by atoms with van der Waals surface area (Å²) < 4.78 is 0. The third-order valence-corrected chi connectivity index (χ3v) is 4.58. The molecule has 2 aromatic heterocycles. The molecule has 0 bridgehead atoms. The van der Waals surface area contributed by atoms with E-state index in [1.54, 1.807) is 17.8 Å². The summed E-state index contributed by atoms with van der Waals surface area (Å²) in [6.07, 6.45) is 0. The molecule has 1 N–H and O–H groups in total. The van der Waals surface area contributed by atoms with E-state index in [0.717, 1.165) is 26.5 Å². The number of hydrogen-bond acceptors (Lipinski definition) is 3. The molecule has 2 heterocycles. The van der Waals surface area contributed by atoms with Gasteiger partial charge in [0, 0.05) is 33.4 Å². The van der Waals surface area contributed by atoms with Crippen LogP contribution in [0.2, 0.25) is 5.02 Å². The quantitative estimate of drug-likeness (QED) is 0.700. The molecule has 0 radical (unpaired) electrons. The second-order valence-corrected chi connectivity index (χ2v) is 6.26. The lowest BCUT2D eigenvalue weighted by molar-refractivity contribution is 0.101. The molecule has 0 aliphatic carbocycles. The van der Waals surface area contributed by atoms with E-state index in [1.165, 1.54) is 6.92 Å². The zero-order valence-corrected chi connectivity index (χ0v) is 13.2. The minimum Gasteiger partial charge on any atom is -0.358 e. The molecule has 0 amide bonds. The van der Waals surface area contributed by atoms with Crippen molar-refractivity contribution in [2.45, 2.75) is 23.8 Å². The zero-order chi connectivity index (χ0) is 15.0. The summed E-state index contributed by atoms with van der Waals surface area (Å²) in [6.45, 7) is 3.54. The number of aryl methyl sites for hydroxylation is 1. The first-order valence-corrected chi connectivity index (χ1v) is 7.68. The Balaban J connectivity index is 2.04. The number of carbonyl (C=O) groups is 1. The molecule has 1 aromatic carbocycles. The number of aromatic nitrogens is 2. The molecule has 106 valence electrons. The minimum absolute atomic E-state index is 0.0279. The molecule has 0 fully saturated rings. The number of halogens is 1. The first-order chi connectivity index (χ1) is 10.0. The van der Waals surface area contributed by atoms with Gasteiger partial charge in [-0.1, -0.05) is 35.5 Å². The Labute approximate surface area is 131 Å². The van der Waals surface area contributed by atoms with Crippen LogP contribution >= 0.6 is 23.4 Å². The van der Waals surface area contributed by atoms with E-state index in [4.69, 9.17) is 11.6 Å². The highest BCUT2D eigenvalue weighted by atomic mass is 35.5. The molecule has 0 aliphatic rings. The van der Waals surface area contributed by atoms with Crippen LogP contribution in [0.1, 0.15) is 23.1 Å². The average molecular weight is 317 g/mol. The van der Waals surface area contributed by atoms with Crippen molar-refractivity contribution in [2.24, 2.45) is 0 Å². The van der Waals surface area contributed by atoms with Crippen LogP contribution in [0.25, 0.3) is 10.9 Å². The van der Waals surface area contributed by atoms with Gasteiger partial charge in [-0.15, -0.1) is 0 Å². The number of nitrogens with one attached hydrogen (secondary N) is 1. The van der Waals surface area contributed by atoms with Crippen LogP contribution in [0, 0.1) is 6.92 Å². The lowest BCUT2D eigenvalue weighted by Gasteiger charge is -2.03. The maximum atomic E-state index is 11.4. The van der Waals surface area contributed by atoms with Crippen LogP contribution < -0.4 is 0 Å². The monoisotopic (exact) mass is 316 g/mol. The van der Waals surface area contributed by atoms with Gasteiger partial charge in [0.15, 0.2) is 5.78 Å². The van der Waals surface area contributed by atoms with Crippen molar-refractivity contribution < 1.29 is 4.79 Å². The Morgan fingerprint density at radius 1 is 1.29 bits per heavy atom. The van der Waals surface area contributed by atoms with Gasteiger partial charge in [-0.25, -0.2) is 4.98 Å².